The molecule has 1 fully saturated rings. The van der Waals surface area contributed by atoms with E-state index in [0.29, 0.717) is 22.4 Å². The zero-order valence-corrected chi connectivity index (χ0v) is 14.1. The Kier molecular flexibility index (Phi) is 4.93. The summed E-state index contributed by atoms with van der Waals surface area (Å²) in [5.74, 6) is -0.406. The van der Waals surface area contributed by atoms with E-state index in [-0.39, 0.29) is 17.6 Å². The third-order valence-electron chi connectivity index (χ3n) is 4.29. The molecule has 5 heteroatoms. The molecule has 0 saturated carbocycles. The van der Waals surface area contributed by atoms with Crippen molar-refractivity contribution in [2.75, 3.05) is 18.4 Å². The van der Waals surface area contributed by atoms with Crippen molar-refractivity contribution in [2.24, 2.45) is 0 Å². The maximum absolute atomic E-state index is 12.5. The van der Waals surface area contributed by atoms with E-state index in [0.717, 1.165) is 25.9 Å². The molecule has 0 aromatic heterocycles. The predicted molar refractivity (Wildman–Crippen MR) is 96.0 cm³/mol. The average Bonchev–Trinajstić information content (AvgIpc) is 3.16. The Bertz CT molecular complexity index is 823. The molecule has 5 nitrogen and oxygen atoms in total. The Morgan fingerprint density at radius 2 is 1.52 bits per heavy atom. The first-order valence-corrected chi connectivity index (χ1v) is 8.36. The number of benzene rings is 2. The summed E-state index contributed by atoms with van der Waals surface area (Å²) in [6.45, 7) is 3.02. The molecule has 0 aliphatic carbocycles. The van der Waals surface area contributed by atoms with Gasteiger partial charge in [0.15, 0.2) is 5.78 Å². The van der Waals surface area contributed by atoms with E-state index in [1.54, 1.807) is 48.5 Å². The smallest absolute Gasteiger partial charge is 0.255 e. The summed E-state index contributed by atoms with van der Waals surface area (Å²) < 4.78 is 0. The summed E-state index contributed by atoms with van der Waals surface area (Å²) in [7, 11) is 0. The number of amides is 2. The van der Waals surface area contributed by atoms with Gasteiger partial charge in [-0.1, -0.05) is 18.2 Å². The molecule has 0 bridgehead atoms. The molecule has 0 spiro atoms. The lowest BCUT2D eigenvalue weighted by Crippen LogP contribution is -2.27. The van der Waals surface area contributed by atoms with Gasteiger partial charge in [-0.25, -0.2) is 0 Å². The van der Waals surface area contributed by atoms with Crippen LogP contribution in [-0.2, 0) is 0 Å². The number of hydrogen-bond acceptors (Lipinski definition) is 3. The van der Waals surface area contributed by atoms with Crippen LogP contribution >= 0.6 is 0 Å². The first-order valence-electron chi connectivity index (χ1n) is 8.36. The van der Waals surface area contributed by atoms with Crippen LogP contribution in [0.15, 0.2) is 48.5 Å². The Labute approximate surface area is 146 Å². The lowest BCUT2D eigenvalue weighted by atomic mass is 10.1. The summed E-state index contributed by atoms with van der Waals surface area (Å²) in [4.78, 5) is 38.2. The van der Waals surface area contributed by atoms with E-state index in [1.807, 2.05) is 4.90 Å². The van der Waals surface area contributed by atoms with Gasteiger partial charge in [-0.2, -0.15) is 0 Å². The number of anilines is 1. The van der Waals surface area contributed by atoms with Crippen LogP contribution in [0.5, 0.6) is 0 Å². The van der Waals surface area contributed by atoms with Gasteiger partial charge in [0.1, 0.15) is 0 Å². The van der Waals surface area contributed by atoms with Crippen LogP contribution in [0.4, 0.5) is 5.69 Å². The first-order chi connectivity index (χ1) is 12.0. The summed E-state index contributed by atoms with van der Waals surface area (Å²) in [5.41, 5.74) is 2.02. The summed E-state index contributed by atoms with van der Waals surface area (Å²) in [6.07, 6.45) is 2.05. The predicted octanol–water partition coefficient (Wildman–Crippen LogP) is 3.38. The van der Waals surface area contributed by atoms with Gasteiger partial charge >= 0.3 is 0 Å². The lowest BCUT2D eigenvalue weighted by Gasteiger charge is -2.15. The number of nitrogens with zero attached hydrogens (tertiary/aromatic N) is 1. The van der Waals surface area contributed by atoms with Crippen molar-refractivity contribution in [3.8, 4) is 0 Å². The quantitative estimate of drug-likeness (QED) is 0.871. The van der Waals surface area contributed by atoms with Crippen LogP contribution in [0.3, 0.4) is 0 Å². The maximum Gasteiger partial charge on any atom is 0.255 e. The standard InChI is InChI=1S/C20H20N2O3/c1-14(23)15-6-5-9-18(13-15)21-19(24)16-7-4-8-17(12-16)20(25)22-10-2-3-11-22/h4-9,12-13H,2-3,10-11H2,1H3,(H,21,24). The number of likely N-dealkylation sites (tertiary alicyclic amines) is 1. The van der Waals surface area contributed by atoms with Gasteiger partial charge in [0.25, 0.3) is 11.8 Å². The summed E-state index contributed by atoms with van der Waals surface area (Å²) >= 11 is 0. The fourth-order valence-corrected chi connectivity index (χ4v) is 2.92. The Hall–Kier alpha value is -2.95. The van der Waals surface area contributed by atoms with Crippen molar-refractivity contribution < 1.29 is 14.4 Å². The monoisotopic (exact) mass is 336 g/mol. The van der Waals surface area contributed by atoms with Crippen LogP contribution in [-0.4, -0.2) is 35.6 Å². The molecule has 2 amide bonds. The van der Waals surface area contributed by atoms with Gasteiger partial charge in [-0.05, 0) is 50.1 Å². The minimum Gasteiger partial charge on any atom is -0.339 e. The highest BCUT2D eigenvalue weighted by Gasteiger charge is 2.20. The number of nitrogens with one attached hydrogen (secondary N) is 1. The zero-order valence-electron chi connectivity index (χ0n) is 14.1. The van der Waals surface area contributed by atoms with E-state index in [2.05, 4.69) is 5.32 Å². The Morgan fingerprint density at radius 3 is 2.24 bits per heavy atom. The molecule has 128 valence electrons. The van der Waals surface area contributed by atoms with Crippen molar-refractivity contribution in [1.29, 1.82) is 0 Å². The number of hydrogen-bond donors (Lipinski definition) is 1. The Balaban J connectivity index is 1.76. The van der Waals surface area contributed by atoms with E-state index in [9.17, 15) is 14.4 Å². The highest BCUT2D eigenvalue weighted by molar-refractivity contribution is 6.06. The number of Topliss-reactive ketones (excluding diaryl/α,β-unsaturated/α-hetero) is 1. The Morgan fingerprint density at radius 1 is 0.880 bits per heavy atom. The van der Waals surface area contributed by atoms with Crippen LogP contribution in [0, 0.1) is 0 Å². The topological polar surface area (TPSA) is 66.5 Å². The second kappa shape index (κ2) is 7.30. The van der Waals surface area contributed by atoms with E-state index in [4.69, 9.17) is 0 Å². The van der Waals surface area contributed by atoms with Gasteiger partial charge in [0.2, 0.25) is 0 Å². The molecule has 1 N–H and O–H groups in total. The van der Waals surface area contributed by atoms with Gasteiger partial charge in [-0.3, -0.25) is 14.4 Å². The fourth-order valence-electron chi connectivity index (χ4n) is 2.92. The SMILES string of the molecule is CC(=O)c1cccc(NC(=O)c2cccc(C(=O)N3CCCC3)c2)c1. The highest BCUT2D eigenvalue weighted by Crippen LogP contribution is 2.16. The summed E-state index contributed by atoms with van der Waals surface area (Å²) in [5, 5.41) is 2.77. The van der Waals surface area contributed by atoms with E-state index >= 15 is 0 Å². The second-order valence-corrected chi connectivity index (χ2v) is 6.17. The van der Waals surface area contributed by atoms with Gasteiger partial charge in [0.05, 0.1) is 0 Å². The molecule has 2 aromatic carbocycles. The second-order valence-electron chi connectivity index (χ2n) is 6.17. The van der Waals surface area contributed by atoms with Crippen molar-refractivity contribution in [2.45, 2.75) is 19.8 Å². The van der Waals surface area contributed by atoms with Crippen LogP contribution in [0.25, 0.3) is 0 Å². The van der Waals surface area contributed by atoms with Gasteiger partial charge in [0, 0.05) is 35.5 Å². The molecule has 1 aliphatic heterocycles. The molecule has 2 aromatic rings. The third kappa shape index (κ3) is 3.94. The van der Waals surface area contributed by atoms with Crippen molar-refractivity contribution in [1.82, 2.24) is 4.90 Å². The minimum atomic E-state index is -0.309. The van der Waals surface area contributed by atoms with E-state index < -0.39 is 0 Å². The molecular formula is C20H20N2O3. The largest absolute Gasteiger partial charge is 0.339 e. The molecule has 1 saturated heterocycles. The molecule has 25 heavy (non-hydrogen) atoms. The summed E-state index contributed by atoms with van der Waals surface area (Å²) in [6, 6.07) is 13.5. The molecule has 3 rings (SSSR count). The van der Waals surface area contributed by atoms with Crippen molar-refractivity contribution >= 4 is 23.3 Å². The van der Waals surface area contributed by atoms with Crippen LogP contribution in [0.2, 0.25) is 0 Å². The van der Waals surface area contributed by atoms with Crippen molar-refractivity contribution in [3.05, 3.63) is 65.2 Å². The minimum absolute atomic E-state index is 0.0364. The average molecular weight is 336 g/mol. The first kappa shape index (κ1) is 16.9. The van der Waals surface area contributed by atoms with E-state index in [1.165, 1.54) is 6.92 Å². The van der Waals surface area contributed by atoms with Crippen LogP contribution < -0.4 is 5.32 Å². The third-order valence-corrected chi connectivity index (χ3v) is 4.29. The molecule has 0 radical (unpaired) electrons. The molecule has 1 aliphatic rings. The normalized spacial score (nSPS) is 13.6. The van der Waals surface area contributed by atoms with Gasteiger partial charge in [-0.15, -0.1) is 0 Å². The highest BCUT2D eigenvalue weighted by atomic mass is 16.2. The number of rotatable bonds is 4. The zero-order chi connectivity index (χ0) is 17.8. The molecule has 1 heterocycles. The number of carbonyl (C=O) groups excluding carboxylic acids is 3. The molecular weight excluding hydrogens is 316 g/mol. The fraction of sp³-hybridized carbons (Fsp3) is 0.250. The number of carbonyl (C=O) groups is 3. The van der Waals surface area contributed by atoms with Crippen LogP contribution in [0.1, 0.15) is 50.8 Å². The van der Waals surface area contributed by atoms with Crippen molar-refractivity contribution in [3.63, 3.8) is 0 Å². The van der Waals surface area contributed by atoms with Gasteiger partial charge < -0.3 is 10.2 Å². The molecule has 0 atom stereocenters. The maximum atomic E-state index is 12.5. The lowest BCUT2D eigenvalue weighted by molar-refractivity contribution is 0.0792. The molecule has 0 unspecified atom stereocenters. The number of ketones is 1.